The average molecular weight is 315 g/mol. The molecule has 120 valence electrons. The Labute approximate surface area is 133 Å². The normalized spacial score (nSPS) is 16.7. The molecule has 2 heterocycles. The molecule has 0 saturated carbocycles. The van der Waals surface area contributed by atoms with Crippen LogP contribution in [0.1, 0.15) is 13.3 Å². The van der Waals surface area contributed by atoms with Gasteiger partial charge in [0.05, 0.1) is 5.69 Å². The third-order valence-corrected chi connectivity index (χ3v) is 3.65. The maximum absolute atomic E-state index is 12.0. The van der Waals surface area contributed by atoms with Gasteiger partial charge in [0.15, 0.2) is 6.10 Å². The fourth-order valence-electron chi connectivity index (χ4n) is 2.38. The van der Waals surface area contributed by atoms with Crippen molar-refractivity contribution >= 4 is 23.2 Å². The van der Waals surface area contributed by atoms with Crippen molar-refractivity contribution in [3.05, 3.63) is 30.9 Å². The summed E-state index contributed by atoms with van der Waals surface area (Å²) in [5, 5.41) is 10.2. The summed E-state index contributed by atoms with van der Waals surface area (Å²) in [6.45, 7) is 2.21. The molecular formula is C15H17N5O3. The third-order valence-electron chi connectivity index (χ3n) is 3.65. The predicted octanol–water partition coefficient (Wildman–Crippen LogP) is 1.05. The number of aromatic nitrogens is 3. The van der Waals surface area contributed by atoms with Crippen LogP contribution >= 0.6 is 0 Å². The van der Waals surface area contributed by atoms with Crippen LogP contribution in [-0.4, -0.2) is 39.7 Å². The molecule has 1 unspecified atom stereocenters. The molecule has 0 fully saturated rings. The van der Waals surface area contributed by atoms with Crippen LogP contribution < -0.4 is 15.0 Å². The molecule has 1 aromatic heterocycles. The summed E-state index contributed by atoms with van der Waals surface area (Å²) in [6.07, 6.45) is 2.92. The van der Waals surface area contributed by atoms with E-state index in [-0.39, 0.29) is 11.8 Å². The smallest absolute Gasteiger partial charge is 0.267 e. The van der Waals surface area contributed by atoms with E-state index >= 15 is 0 Å². The molecule has 2 aromatic rings. The number of amides is 2. The number of nitrogens with zero attached hydrogens (tertiary/aromatic N) is 4. The summed E-state index contributed by atoms with van der Waals surface area (Å²) in [5.41, 5.74) is 1.26. The fourth-order valence-corrected chi connectivity index (χ4v) is 2.38. The van der Waals surface area contributed by atoms with Gasteiger partial charge in [0.2, 0.25) is 5.91 Å². The van der Waals surface area contributed by atoms with Gasteiger partial charge in [-0.05, 0) is 25.1 Å². The maximum Gasteiger partial charge on any atom is 0.267 e. The molecule has 1 N–H and O–H groups in total. The molecule has 3 rings (SSSR count). The van der Waals surface area contributed by atoms with Gasteiger partial charge in [0, 0.05) is 25.7 Å². The molecule has 8 nitrogen and oxygen atoms in total. The van der Waals surface area contributed by atoms with E-state index in [1.54, 1.807) is 49.4 Å². The maximum atomic E-state index is 12.0. The lowest BCUT2D eigenvalue weighted by atomic mass is 10.2. The Kier molecular flexibility index (Phi) is 3.96. The van der Waals surface area contributed by atoms with Crippen molar-refractivity contribution in [3.63, 3.8) is 0 Å². The summed E-state index contributed by atoms with van der Waals surface area (Å²) in [7, 11) is 1.69. The van der Waals surface area contributed by atoms with E-state index in [1.807, 2.05) is 0 Å². The Balaban J connectivity index is 1.67. The number of carbonyl (C=O) groups is 2. The van der Waals surface area contributed by atoms with Crippen molar-refractivity contribution in [3.8, 4) is 5.75 Å². The highest BCUT2D eigenvalue weighted by atomic mass is 16.5. The zero-order chi connectivity index (χ0) is 16.4. The van der Waals surface area contributed by atoms with E-state index in [0.717, 1.165) is 0 Å². The lowest BCUT2D eigenvalue weighted by Crippen LogP contribution is -2.41. The van der Waals surface area contributed by atoms with Gasteiger partial charge >= 0.3 is 0 Å². The first-order valence-electron chi connectivity index (χ1n) is 7.25. The highest BCUT2D eigenvalue weighted by Gasteiger charge is 2.28. The Morgan fingerprint density at radius 3 is 2.83 bits per heavy atom. The SMILES string of the molecule is CC1Oc2ccc(NC(=O)CCn3cnnc3)cc2N(C)C1=O. The lowest BCUT2D eigenvalue weighted by Gasteiger charge is -2.30. The van der Waals surface area contributed by atoms with Crippen LogP contribution in [0.25, 0.3) is 0 Å². The molecule has 23 heavy (non-hydrogen) atoms. The van der Waals surface area contributed by atoms with Gasteiger partial charge in [-0.3, -0.25) is 9.59 Å². The second kappa shape index (κ2) is 6.07. The Bertz CT molecular complexity index is 729. The zero-order valence-electron chi connectivity index (χ0n) is 12.9. The van der Waals surface area contributed by atoms with Gasteiger partial charge < -0.3 is 19.5 Å². The topological polar surface area (TPSA) is 89.3 Å². The second-order valence-electron chi connectivity index (χ2n) is 5.34. The van der Waals surface area contributed by atoms with Crippen molar-refractivity contribution in [1.82, 2.24) is 14.8 Å². The highest BCUT2D eigenvalue weighted by molar-refractivity contribution is 6.00. The fraction of sp³-hybridized carbons (Fsp3) is 0.333. The number of hydrogen-bond donors (Lipinski definition) is 1. The minimum atomic E-state index is -0.503. The molecule has 0 saturated heterocycles. The number of fused-ring (bicyclic) bond motifs is 1. The Hall–Kier alpha value is -2.90. The molecule has 1 atom stereocenters. The number of carbonyl (C=O) groups excluding carboxylic acids is 2. The molecule has 2 amide bonds. The van der Waals surface area contributed by atoms with Crippen LogP contribution in [-0.2, 0) is 16.1 Å². The average Bonchev–Trinajstić information content (AvgIpc) is 3.05. The molecule has 1 aliphatic rings. The van der Waals surface area contributed by atoms with E-state index in [2.05, 4.69) is 15.5 Å². The van der Waals surface area contributed by atoms with Gasteiger partial charge in [-0.1, -0.05) is 0 Å². The van der Waals surface area contributed by atoms with Gasteiger partial charge in [-0.15, -0.1) is 10.2 Å². The summed E-state index contributed by atoms with van der Waals surface area (Å²) in [6, 6.07) is 5.24. The molecular weight excluding hydrogens is 298 g/mol. The first kappa shape index (κ1) is 15.0. The largest absolute Gasteiger partial charge is 0.479 e. The first-order chi connectivity index (χ1) is 11.0. The number of hydrogen-bond acceptors (Lipinski definition) is 5. The van der Waals surface area contributed by atoms with Crippen LogP contribution in [0.3, 0.4) is 0 Å². The van der Waals surface area contributed by atoms with Crippen molar-refractivity contribution in [2.45, 2.75) is 26.0 Å². The summed E-state index contributed by atoms with van der Waals surface area (Å²) >= 11 is 0. The monoisotopic (exact) mass is 315 g/mol. The molecule has 1 aliphatic heterocycles. The number of ether oxygens (including phenoxy) is 1. The van der Waals surface area contributed by atoms with Crippen LogP contribution in [0, 0.1) is 0 Å². The van der Waals surface area contributed by atoms with Crippen LogP contribution in [0.5, 0.6) is 5.75 Å². The Morgan fingerprint density at radius 1 is 1.35 bits per heavy atom. The van der Waals surface area contributed by atoms with Crippen LogP contribution in [0.2, 0.25) is 0 Å². The molecule has 0 spiro atoms. The third kappa shape index (κ3) is 3.15. The molecule has 0 radical (unpaired) electrons. The van der Waals surface area contributed by atoms with E-state index < -0.39 is 6.10 Å². The van der Waals surface area contributed by atoms with Gasteiger partial charge in [-0.2, -0.15) is 0 Å². The quantitative estimate of drug-likeness (QED) is 0.911. The van der Waals surface area contributed by atoms with Crippen molar-refractivity contribution < 1.29 is 14.3 Å². The van der Waals surface area contributed by atoms with E-state index in [1.165, 1.54) is 4.90 Å². The summed E-state index contributed by atoms with van der Waals surface area (Å²) in [4.78, 5) is 25.5. The number of anilines is 2. The summed E-state index contributed by atoms with van der Waals surface area (Å²) in [5.74, 6) is 0.383. The lowest BCUT2D eigenvalue weighted by molar-refractivity contribution is -0.125. The first-order valence-corrected chi connectivity index (χ1v) is 7.25. The number of nitrogens with one attached hydrogen (secondary N) is 1. The number of aryl methyl sites for hydroxylation is 1. The van der Waals surface area contributed by atoms with Crippen LogP contribution in [0.15, 0.2) is 30.9 Å². The van der Waals surface area contributed by atoms with Gasteiger partial charge in [0.1, 0.15) is 18.4 Å². The highest BCUT2D eigenvalue weighted by Crippen LogP contribution is 2.35. The molecule has 0 aliphatic carbocycles. The molecule has 8 heteroatoms. The van der Waals surface area contributed by atoms with Crippen LogP contribution in [0.4, 0.5) is 11.4 Å². The Morgan fingerprint density at radius 2 is 2.09 bits per heavy atom. The zero-order valence-corrected chi connectivity index (χ0v) is 12.9. The van der Waals surface area contributed by atoms with Gasteiger partial charge in [-0.25, -0.2) is 0 Å². The molecule has 0 bridgehead atoms. The molecule has 1 aromatic carbocycles. The van der Waals surface area contributed by atoms with Crippen molar-refractivity contribution in [2.75, 3.05) is 17.3 Å². The minimum absolute atomic E-state index is 0.117. The van der Waals surface area contributed by atoms with E-state index in [0.29, 0.717) is 30.1 Å². The summed E-state index contributed by atoms with van der Waals surface area (Å²) < 4.78 is 7.28. The number of likely N-dealkylation sites (N-methyl/N-ethyl adjacent to an activating group) is 1. The van der Waals surface area contributed by atoms with E-state index in [4.69, 9.17) is 4.74 Å². The number of benzene rings is 1. The number of rotatable bonds is 4. The van der Waals surface area contributed by atoms with Crippen molar-refractivity contribution in [1.29, 1.82) is 0 Å². The van der Waals surface area contributed by atoms with E-state index in [9.17, 15) is 9.59 Å². The predicted molar refractivity (Wildman–Crippen MR) is 83.2 cm³/mol. The van der Waals surface area contributed by atoms with Crippen molar-refractivity contribution in [2.24, 2.45) is 0 Å². The second-order valence-corrected chi connectivity index (χ2v) is 5.34. The minimum Gasteiger partial charge on any atom is -0.479 e. The standard InChI is InChI=1S/C15H17N5O3/c1-10-15(22)19(2)12-7-11(3-4-13(12)23-10)18-14(21)5-6-20-8-16-17-9-20/h3-4,7-10H,5-6H2,1-2H3,(H,18,21). The van der Waals surface area contributed by atoms with Gasteiger partial charge in [0.25, 0.3) is 5.91 Å².